The second-order valence-corrected chi connectivity index (χ2v) is 4.21. The van der Waals surface area contributed by atoms with Crippen LogP contribution in [0.5, 0.6) is 0 Å². The van der Waals surface area contributed by atoms with E-state index in [-0.39, 0.29) is 0 Å². The first kappa shape index (κ1) is 8.80. The van der Waals surface area contributed by atoms with Crippen molar-refractivity contribution in [1.82, 2.24) is 0 Å². The lowest BCUT2D eigenvalue weighted by atomic mass is 10.2. The van der Waals surface area contributed by atoms with Crippen molar-refractivity contribution >= 4 is 23.7 Å². The molecular formula is C12H10N2S. The molecule has 0 atom stereocenters. The Morgan fingerprint density at radius 3 is 3.20 bits per heavy atom. The molecule has 0 N–H and O–H groups in total. The van der Waals surface area contributed by atoms with E-state index < -0.39 is 0 Å². The predicted octanol–water partition coefficient (Wildman–Crippen LogP) is 2.98. The summed E-state index contributed by atoms with van der Waals surface area (Å²) in [6.45, 7) is 0.756. The van der Waals surface area contributed by atoms with Gasteiger partial charge in [0.1, 0.15) is 0 Å². The lowest BCUT2D eigenvalue weighted by Gasteiger charge is -2.24. The lowest BCUT2D eigenvalue weighted by molar-refractivity contribution is 1.06. The Kier molecular flexibility index (Phi) is 2.10. The molecule has 74 valence electrons. The first-order valence-electron chi connectivity index (χ1n) is 4.84. The van der Waals surface area contributed by atoms with Crippen LogP contribution in [0.4, 0.5) is 5.69 Å². The Morgan fingerprint density at radius 2 is 2.20 bits per heavy atom. The summed E-state index contributed by atoms with van der Waals surface area (Å²) in [5.41, 5.74) is 3.63. The molecule has 2 aliphatic rings. The standard InChI is InChI=1S/C12H10N2S/c1-2-4-12-10(3-1)7-13-8-11-9-15-6-5-14(11)12/h1-7,9H,8H2. The summed E-state index contributed by atoms with van der Waals surface area (Å²) in [5.74, 6) is 0. The molecular weight excluding hydrogens is 204 g/mol. The second kappa shape index (κ2) is 3.59. The number of fused-ring (bicyclic) bond motifs is 3. The SMILES string of the molecule is C1=CN2C(=CS1)CN=Cc1ccccc12. The average Bonchev–Trinajstić information content (AvgIpc) is 2.48. The number of nitrogens with zero attached hydrogens (tertiary/aromatic N) is 2. The van der Waals surface area contributed by atoms with E-state index in [9.17, 15) is 0 Å². The predicted molar refractivity (Wildman–Crippen MR) is 66.2 cm³/mol. The van der Waals surface area contributed by atoms with Gasteiger partial charge in [0.05, 0.1) is 17.9 Å². The number of para-hydroxylation sites is 1. The average molecular weight is 214 g/mol. The summed E-state index contributed by atoms with van der Waals surface area (Å²) in [5, 5.41) is 4.24. The van der Waals surface area contributed by atoms with E-state index in [4.69, 9.17) is 0 Å². The van der Waals surface area contributed by atoms with Gasteiger partial charge in [0.25, 0.3) is 0 Å². The molecule has 0 saturated heterocycles. The van der Waals surface area contributed by atoms with Crippen LogP contribution in [0.15, 0.2) is 52.0 Å². The van der Waals surface area contributed by atoms with Crippen molar-refractivity contribution in [2.45, 2.75) is 0 Å². The van der Waals surface area contributed by atoms with Crippen LogP contribution in [-0.4, -0.2) is 12.8 Å². The largest absolute Gasteiger partial charge is 0.317 e. The Labute approximate surface area is 93.0 Å². The summed E-state index contributed by atoms with van der Waals surface area (Å²) >= 11 is 1.71. The summed E-state index contributed by atoms with van der Waals surface area (Å²) < 4.78 is 0. The molecule has 2 aliphatic heterocycles. The van der Waals surface area contributed by atoms with Crippen molar-refractivity contribution in [3.63, 3.8) is 0 Å². The molecule has 0 unspecified atom stereocenters. The summed E-state index contributed by atoms with van der Waals surface area (Å²) in [7, 11) is 0. The third kappa shape index (κ3) is 1.49. The Bertz CT molecular complexity index is 474. The first-order valence-corrected chi connectivity index (χ1v) is 5.79. The van der Waals surface area contributed by atoms with Crippen molar-refractivity contribution in [1.29, 1.82) is 0 Å². The fourth-order valence-corrected chi connectivity index (χ4v) is 2.38. The maximum Gasteiger partial charge on any atom is 0.0800 e. The van der Waals surface area contributed by atoms with E-state index in [1.54, 1.807) is 11.8 Å². The Morgan fingerprint density at radius 1 is 1.27 bits per heavy atom. The highest BCUT2D eigenvalue weighted by molar-refractivity contribution is 8.05. The topological polar surface area (TPSA) is 15.6 Å². The normalized spacial score (nSPS) is 17.9. The zero-order valence-corrected chi connectivity index (χ0v) is 8.95. The minimum absolute atomic E-state index is 0.756. The first-order chi connectivity index (χ1) is 7.45. The highest BCUT2D eigenvalue weighted by atomic mass is 32.2. The van der Waals surface area contributed by atoms with E-state index in [2.05, 4.69) is 45.1 Å². The van der Waals surface area contributed by atoms with Gasteiger partial charge in [0.15, 0.2) is 0 Å². The lowest BCUT2D eigenvalue weighted by Crippen LogP contribution is -2.18. The van der Waals surface area contributed by atoms with Crippen LogP contribution in [0.2, 0.25) is 0 Å². The maximum atomic E-state index is 4.41. The van der Waals surface area contributed by atoms with Crippen LogP contribution in [0, 0.1) is 0 Å². The minimum Gasteiger partial charge on any atom is -0.317 e. The molecule has 0 aliphatic carbocycles. The molecule has 0 amide bonds. The van der Waals surface area contributed by atoms with E-state index in [0.717, 1.165) is 6.54 Å². The van der Waals surface area contributed by atoms with Crippen molar-refractivity contribution in [3.05, 3.63) is 52.5 Å². The number of hydrogen-bond acceptors (Lipinski definition) is 3. The second-order valence-electron chi connectivity index (χ2n) is 3.43. The number of hydrogen-bond donors (Lipinski definition) is 0. The molecule has 15 heavy (non-hydrogen) atoms. The van der Waals surface area contributed by atoms with Gasteiger partial charge in [0.2, 0.25) is 0 Å². The molecule has 3 heteroatoms. The van der Waals surface area contributed by atoms with Gasteiger partial charge in [-0.2, -0.15) is 0 Å². The molecule has 0 spiro atoms. The van der Waals surface area contributed by atoms with Crippen molar-refractivity contribution in [2.75, 3.05) is 11.4 Å². The van der Waals surface area contributed by atoms with Gasteiger partial charge in [-0.05, 0) is 16.9 Å². The van der Waals surface area contributed by atoms with E-state index in [1.165, 1.54) is 16.9 Å². The van der Waals surface area contributed by atoms with Crippen LogP contribution in [0.25, 0.3) is 0 Å². The van der Waals surface area contributed by atoms with Gasteiger partial charge in [0, 0.05) is 18.0 Å². The number of aliphatic imine (C=N–C) groups is 1. The van der Waals surface area contributed by atoms with Crippen molar-refractivity contribution in [3.8, 4) is 0 Å². The zero-order chi connectivity index (χ0) is 10.1. The summed E-state index contributed by atoms with van der Waals surface area (Å²) in [6.07, 6.45) is 4.06. The molecule has 0 aromatic heterocycles. The fourth-order valence-electron chi connectivity index (χ4n) is 1.77. The number of benzene rings is 1. The molecule has 2 nitrogen and oxygen atoms in total. The highest BCUT2D eigenvalue weighted by Crippen LogP contribution is 2.30. The van der Waals surface area contributed by atoms with Gasteiger partial charge in [-0.1, -0.05) is 18.2 Å². The molecule has 2 heterocycles. The fraction of sp³-hybridized carbons (Fsp3) is 0.0833. The van der Waals surface area contributed by atoms with Gasteiger partial charge >= 0.3 is 0 Å². The highest BCUT2D eigenvalue weighted by Gasteiger charge is 2.16. The van der Waals surface area contributed by atoms with Gasteiger partial charge in [-0.3, -0.25) is 4.99 Å². The smallest absolute Gasteiger partial charge is 0.0800 e. The van der Waals surface area contributed by atoms with E-state index in [0.29, 0.717) is 0 Å². The van der Waals surface area contributed by atoms with Crippen LogP contribution in [-0.2, 0) is 0 Å². The molecule has 0 radical (unpaired) electrons. The Hall–Kier alpha value is -1.48. The minimum atomic E-state index is 0.756. The molecule has 0 fully saturated rings. The van der Waals surface area contributed by atoms with Gasteiger partial charge < -0.3 is 4.90 Å². The molecule has 0 saturated carbocycles. The Balaban J connectivity index is 2.17. The van der Waals surface area contributed by atoms with Crippen LogP contribution < -0.4 is 4.90 Å². The molecule has 0 bridgehead atoms. The number of thioether (sulfide) groups is 1. The van der Waals surface area contributed by atoms with Crippen LogP contribution in [0.3, 0.4) is 0 Å². The zero-order valence-electron chi connectivity index (χ0n) is 8.13. The van der Waals surface area contributed by atoms with Crippen molar-refractivity contribution < 1.29 is 0 Å². The van der Waals surface area contributed by atoms with Gasteiger partial charge in [-0.25, -0.2) is 0 Å². The molecule has 3 rings (SSSR count). The molecule has 1 aromatic carbocycles. The number of anilines is 1. The van der Waals surface area contributed by atoms with Crippen LogP contribution in [0.1, 0.15) is 5.56 Å². The quantitative estimate of drug-likeness (QED) is 0.659. The van der Waals surface area contributed by atoms with Crippen LogP contribution >= 0.6 is 11.8 Å². The van der Waals surface area contributed by atoms with Crippen molar-refractivity contribution in [2.24, 2.45) is 4.99 Å². The summed E-state index contributed by atoms with van der Waals surface area (Å²) in [6, 6.07) is 8.32. The van der Waals surface area contributed by atoms with Gasteiger partial charge in [-0.15, -0.1) is 11.8 Å². The monoisotopic (exact) mass is 214 g/mol. The third-order valence-electron chi connectivity index (χ3n) is 2.48. The van der Waals surface area contributed by atoms with E-state index >= 15 is 0 Å². The molecule has 1 aromatic rings. The third-order valence-corrected chi connectivity index (χ3v) is 3.17. The number of rotatable bonds is 0. The summed E-state index contributed by atoms with van der Waals surface area (Å²) in [4.78, 5) is 6.62. The van der Waals surface area contributed by atoms with E-state index in [1.807, 2.05) is 12.3 Å². The maximum absolute atomic E-state index is 4.41.